The van der Waals surface area contributed by atoms with Crippen LogP contribution in [0.5, 0.6) is 5.75 Å². The molecule has 0 radical (unpaired) electrons. The number of phenols is 1. The molecule has 0 aliphatic carbocycles. The zero-order valence-corrected chi connectivity index (χ0v) is 29.4. The quantitative estimate of drug-likeness (QED) is 0.0128. The Morgan fingerprint density at radius 1 is 0.709 bits per heavy atom. The Kier molecular flexibility index (Phi) is 11.0. The van der Waals surface area contributed by atoms with Crippen molar-refractivity contribution in [3.05, 3.63) is 113 Å². The standard InChI is InChI=1S/C34H26N10O9S2/c35-21-5-14-27(26(36)17-21)41-38-22-6-1-18(2-7-22)19-3-8-23(9-4-19)40-43-33-29(55(49,50)51)16-20-15-28(54-53-52-48)32(34(45)30(20)31(33)37)42-39-24-10-12-25(13-11-24)44(46)47/h1-17,45,48H,35-37H2,(H,49,50,51). The van der Waals surface area contributed by atoms with Crippen molar-refractivity contribution in [2.75, 3.05) is 17.2 Å². The van der Waals surface area contributed by atoms with E-state index in [0.29, 0.717) is 34.8 Å². The molecule has 0 fully saturated rings. The van der Waals surface area contributed by atoms with Crippen LogP contribution in [-0.2, 0) is 19.5 Å². The van der Waals surface area contributed by atoms with E-state index < -0.39 is 37.1 Å². The van der Waals surface area contributed by atoms with Gasteiger partial charge >= 0.3 is 0 Å². The smallest absolute Gasteiger partial charge is 0.296 e. The molecule has 0 atom stereocenters. The lowest BCUT2D eigenvalue weighted by atomic mass is 10.0. The first-order chi connectivity index (χ1) is 26.3. The number of benzene rings is 6. The van der Waals surface area contributed by atoms with Crippen LogP contribution in [0.1, 0.15) is 0 Å². The Hall–Kier alpha value is -6.88. The summed E-state index contributed by atoms with van der Waals surface area (Å²) in [6, 6.07) is 26.1. The first-order valence-corrected chi connectivity index (χ1v) is 17.6. The molecule has 0 spiro atoms. The highest BCUT2D eigenvalue weighted by Crippen LogP contribution is 2.49. The molecule has 6 rings (SSSR count). The van der Waals surface area contributed by atoms with Gasteiger partial charge in [-0.05, 0) is 83.2 Å². The van der Waals surface area contributed by atoms with Crippen molar-refractivity contribution in [2.45, 2.75) is 9.79 Å². The second kappa shape index (κ2) is 16.0. The molecule has 55 heavy (non-hydrogen) atoms. The van der Waals surface area contributed by atoms with E-state index in [1.54, 1.807) is 54.6 Å². The number of nitro groups is 1. The number of aromatic hydroxyl groups is 1. The van der Waals surface area contributed by atoms with E-state index in [2.05, 4.69) is 40.1 Å². The van der Waals surface area contributed by atoms with Gasteiger partial charge in [0.15, 0.2) is 5.75 Å². The van der Waals surface area contributed by atoms with Gasteiger partial charge in [0.05, 0.1) is 55.7 Å². The van der Waals surface area contributed by atoms with Crippen LogP contribution in [0, 0.1) is 10.1 Å². The van der Waals surface area contributed by atoms with Crippen LogP contribution in [0.4, 0.5) is 56.9 Å². The SMILES string of the molecule is Nc1ccc(N=Nc2ccc(-c3ccc(N=Nc4c(S(=O)(=O)O)cc5cc(SOOO)c(N=Nc6ccc([N+](=O)[O-])cc6)c(O)c5c4N)cc3)cc2)c(N)c1. The summed E-state index contributed by atoms with van der Waals surface area (Å²) in [5.74, 6) is -0.630. The number of nitrogens with zero attached hydrogens (tertiary/aromatic N) is 7. The van der Waals surface area contributed by atoms with Crippen LogP contribution in [0.2, 0.25) is 0 Å². The highest BCUT2D eigenvalue weighted by atomic mass is 32.2. The number of nitrogen functional groups attached to an aromatic ring is 3. The molecule has 0 saturated heterocycles. The summed E-state index contributed by atoms with van der Waals surface area (Å²) in [4.78, 5) is 9.62. The Bertz CT molecular complexity index is 2620. The number of rotatable bonds is 12. The molecule has 21 heteroatoms. The topological polar surface area (TPSA) is 309 Å². The van der Waals surface area contributed by atoms with Gasteiger partial charge < -0.3 is 22.3 Å². The van der Waals surface area contributed by atoms with E-state index >= 15 is 0 Å². The third-order valence-corrected chi connectivity index (χ3v) is 9.22. The molecule has 0 unspecified atom stereocenters. The predicted molar refractivity (Wildman–Crippen MR) is 203 cm³/mol. The van der Waals surface area contributed by atoms with Gasteiger partial charge in [0.1, 0.15) is 22.0 Å². The van der Waals surface area contributed by atoms with Crippen LogP contribution in [0.25, 0.3) is 21.9 Å². The highest BCUT2D eigenvalue weighted by Gasteiger charge is 2.25. The fraction of sp³-hybridized carbons (Fsp3) is 0. The van der Waals surface area contributed by atoms with Crippen molar-refractivity contribution in [1.29, 1.82) is 0 Å². The fourth-order valence-corrected chi connectivity index (χ4v) is 6.26. The van der Waals surface area contributed by atoms with Crippen LogP contribution in [0.3, 0.4) is 0 Å². The summed E-state index contributed by atoms with van der Waals surface area (Å²) in [7, 11) is -4.96. The first kappa shape index (κ1) is 37.9. The number of hydrogen-bond donors (Lipinski definition) is 6. The van der Waals surface area contributed by atoms with Crippen molar-refractivity contribution in [3.63, 3.8) is 0 Å². The van der Waals surface area contributed by atoms with Gasteiger partial charge in [0.25, 0.3) is 15.8 Å². The molecule has 0 aromatic heterocycles. The van der Waals surface area contributed by atoms with Crippen molar-refractivity contribution in [3.8, 4) is 16.9 Å². The lowest BCUT2D eigenvalue weighted by Crippen LogP contribution is -2.02. The number of azo groups is 3. The van der Waals surface area contributed by atoms with Gasteiger partial charge in [-0.25, -0.2) is 5.26 Å². The van der Waals surface area contributed by atoms with E-state index in [-0.39, 0.29) is 38.4 Å². The summed E-state index contributed by atoms with van der Waals surface area (Å²) in [5, 5.41) is 59.1. The molecule has 6 aromatic carbocycles. The molecule has 19 nitrogen and oxygen atoms in total. The Labute approximate surface area is 314 Å². The van der Waals surface area contributed by atoms with Crippen molar-refractivity contribution < 1.29 is 37.6 Å². The van der Waals surface area contributed by atoms with E-state index in [1.165, 1.54) is 30.3 Å². The highest BCUT2D eigenvalue weighted by molar-refractivity contribution is 7.94. The molecular formula is C34H26N10O9S2. The van der Waals surface area contributed by atoms with E-state index in [4.69, 9.17) is 22.5 Å². The van der Waals surface area contributed by atoms with Gasteiger partial charge in [0.2, 0.25) is 0 Å². The average molecular weight is 783 g/mol. The molecule has 278 valence electrons. The van der Waals surface area contributed by atoms with Gasteiger partial charge in [-0.15, -0.1) is 19.7 Å². The second-order valence-corrected chi connectivity index (χ2v) is 13.4. The molecule has 9 N–H and O–H groups in total. The molecular weight excluding hydrogens is 757 g/mol. The van der Waals surface area contributed by atoms with Crippen LogP contribution >= 0.6 is 12.0 Å². The summed E-state index contributed by atoms with van der Waals surface area (Å²) < 4.78 is 39.7. The summed E-state index contributed by atoms with van der Waals surface area (Å²) in [6.45, 7) is 0. The monoisotopic (exact) mass is 782 g/mol. The molecule has 0 saturated carbocycles. The zero-order chi connectivity index (χ0) is 39.3. The lowest BCUT2D eigenvalue weighted by molar-refractivity contribution is -0.432. The minimum Gasteiger partial charge on any atom is -0.505 e. The number of hydrogen-bond acceptors (Lipinski definition) is 18. The lowest BCUT2D eigenvalue weighted by Gasteiger charge is -2.14. The first-order valence-electron chi connectivity index (χ1n) is 15.4. The third kappa shape index (κ3) is 8.68. The van der Waals surface area contributed by atoms with Crippen molar-refractivity contribution in [2.24, 2.45) is 30.7 Å². The minimum atomic E-state index is -4.96. The average Bonchev–Trinajstić information content (AvgIpc) is 3.16. The predicted octanol–water partition coefficient (Wildman–Crippen LogP) is 9.79. The van der Waals surface area contributed by atoms with Gasteiger partial charge in [0, 0.05) is 17.8 Å². The normalized spacial score (nSPS) is 12.0. The number of non-ortho nitro benzene ring substituents is 1. The number of nitro benzene ring substituents is 1. The van der Waals surface area contributed by atoms with E-state index in [1.807, 2.05) is 12.1 Å². The maximum atomic E-state index is 12.5. The van der Waals surface area contributed by atoms with Crippen LogP contribution in [0.15, 0.2) is 144 Å². The third-order valence-electron chi connectivity index (χ3n) is 7.73. The molecule has 0 bridgehead atoms. The van der Waals surface area contributed by atoms with Crippen molar-refractivity contribution in [1.82, 2.24) is 0 Å². The molecule has 0 amide bonds. The summed E-state index contributed by atoms with van der Waals surface area (Å²) >= 11 is 0.364. The largest absolute Gasteiger partial charge is 0.505 e. The van der Waals surface area contributed by atoms with Gasteiger partial charge in [-0.1, -0.05) is 29.3 Å². The number of phenolic OH excluding ortho intramolecular Hbond substituents is 1. The van der Waals surface area contributed by atoms with E-state index in [9.17, 15) is 28.2 Å². The number of anilines is 3. The summed E-state index contributed by atoms with van der Waals surface area (Å²) in [6.07, 6.45) is 0. The summed E-state index contributed by atoms with van der Waals surface area (Å²) in [5.41, 5.74) is 20.8. The maximum Gasteiger partial charge on any atom is 0.296 e. The van der Waals surface area contributed by atoms with Gasteiger partial charge in [-0.2, -0.15) is 23.8 Å². The van der Waals surface area contributed by atoms with Crippen LogP contribution in [-0.4, -0.2) is 28.3 Å². The number of nitrogens with two attached hydrogens (primary N) is 3. The molecule has 6 aromatic rings. The molecule has 0 aliphatic rings. The second-order valence-electron chi connectivity index (χ2n) is 11.3. The van der Waals surface area contributed by atoms with Crippen molar-refractivity contribution >= 4 is 89.8 Å². The fourth-order valence-electron chi connectivity index (χ4n) is 5.10. The van der Waals surface area contributed by atoms with E-state index in [0.717, 1.165) is 17.2 Å². The Morgan fingerprint density at radius 2 is 1.25 bits per heavy atom. The molecule has 0 heterocycles. The maximum absolute atomic E-state index is 12.5. The number of fused-ring (bicyclic) bond motifs is 1. The minimum absolute atomic E-state index is 0.0221. The zero-order valence-electron chi connectivity index (χ0n) is 27.8. The Morgan fingerprint density at radius 3 is 1.78 bits per heavy atom. The Balaban J connectivity index is 1.31. The van der Waals surface area contributed by atoms with Gasteiger partial charge in [-0.3, -0.25) is 14.7 Å². The van der Waals surface area contributed by atoms with Crippen LogP contribution < -0.4 is 17.2 Å². The molecule has 0 aliphatic heterocycles.